The van der Waals surface area contributed by atoms with Gasteiger partial charge in [0, 0.05) is 30.0 Å². The Morgan fingerprint density at radius 3 is 2.95 bits per heavy atom. The van der Waals surface area contributed by atoms with Gasteiger partial charge in [0.2, 0.25) is 0 Å². The number of methoxy groups -OCH3 is 1. The SMILES string of the molecule is COc1cc(CN2CCc3c(N)cccc32)ccc1C#N. The zero-order valence-corrected chi connectivity index (χ0v) is 12.0. The Balaban J connectivity index is 1.87. The van der Waals surface area contributed by atoms with Crippen LogP contribution in [0.1, 0.15) is 16.7 Å². The van der Waals surface area contributed by atoms with E-state index in [2.05, 4.69) is 17.0 Å². The summed E-state index contributed by atoms with van der Waals surface area (Å²) in [6.07, 6.45) is 0.982. The molecule has 0 spiro atoms. The number of nitrogens with two attached hydrogens (primary N) is 1. The van der Waals surface area contributed by atoms with Gasteiger partial charge >= 0.3 is 0 Å². The normalized spacial score (nSPS) is 12.9. The van der Waals surface area contributed by atoms with Gasteiger partial charge in [-0.1, -0.05) is 12.1 Å². The highest BCUT2D eigenvalue weighted by atomic mass is 16.5. The van der Waals surface area contributed by atoms with Crippen LogP contribution in [0.4, 0.5) is 11.4 Å². The van der Waals surface area contributed by atoms with Gasteiger partial charge in [-0.05, 0) is 36.2 Å². The molecular weight excluding hydrogens is 262 g/mol. The average Bonchev–Trinajstić information content (AvgIpc) is 2.92. The zero-order chi connectivity index (χ0) is 14.8. The predicted molar refractivity (Wildman–Crippen MR) is 83.3 cm³/mol. The van der Waals surface area contributed by atoms with Crippen LogP contribution in [0.15, 0.2) is 36.4 Å². The van der Waals surface area contributed by atoms with Gasteiger partial charge in [-0.15, -0.1) is 0 Å². The Hall–Kier alpha value is -2.67. The first kappa shape index (κ1) is 13.3. The maximum absolute atomic E-state index is 9.03. The summed E-state index contributed by atoms with van der Waals surface area (Å²) in [6, 6.07) is 13.9. The molecule has 0 saturated carbocycles. The van der Waals surface area contributed by atoms with E-state index >= 15 is 0 Å². The molecule has 1 heterocycles. The lowest BCUT2D eigenvalue weighted by atomic mass is 10.1. The van der Waals surface area contributed by atoms with Crippen molar-refractivity contribution in [1.82, 2.24) is 0 Å². The summed E-state index contributed by atoms with van der Waals surface area (Å²) in [7, 11) is 1.59. The molecule has 0 atom stereocenters. The van der Waals surface area contributed by atoms with Gasteiger partial charge < -0.3 is 15.4 Å². The third kappa shape index (κ3) is 2.38. The highest BCUT2D eigenvalue weighted by Crippen LogP contribution is 2.33. The van der Waals surface area contributed by atoms with Crippen LogP contribution in [0.5, 0.6) is 5.75 Å². The van der Waals surface area contributed by atoms with E-state index in [1.807, 2.05) is 30.3 Å². The molecule has 2 N–H and O–H groups in total. The molecule has 0 fully saturated rings. The molecule has 106 valence electrons. The minimum absolute atomic E-state index is 0.562. The van der Waals surface area contributed by atoms with Crippen LogP contribution in [0, 0.1) is 11.3 Å². The number of rotatable bonds is 3. The molecule has 4 nitrogen and oxygen atoms in total. The van der Waals surface area contributed by atoms with Gasteiger partial charge in [-0.2, -0.15) is 5.26 Å². The summed E-state index contributed by atoms with van der Waals surface area (Å²) in [6.45, 7) is 1.75. The van der Waals surface area contributed by atoms with Gasteiger partial charge in [-0.3, -0.25) is 0 Å². The minimum Gasteiger partial charge on any atom is -0.495 e. The number of benzene rings is 2. The number of nitrogens with zero attached hydrogens (tertiary/aromatic N) is 2. The van der Waals surface area contributed by atoms with Crippen LogP contribution in [-0.4, -0.2) is 13.7 Å². The third-order valence-corrected chi connectivity index (χ3v) is 3.92. The number of nitriles is 1. The monoisotopic (exact) mass is 279 g/mol. The van der Waals surface area contributed by atoms with E-state index in [0.29, 0.717) is 11.3 Å². The topological polar surface area (TPSA) is 62.3 Å². The molecule has 21 heavy (non-hydrogen) atoms. The van der Waals surface area contributed by atoms with Crippen LogP contribution in [0.3, 0.4) is 0 Å². The van der Waals surface area contributed by atoms with Crippen molar-refractivity contribution in [3.8, 4) is 11.8 Å². The van der Waals surface area contributed by atoms with E-state index in [4.69, 9.17) is 15.7 Å². The lowest BCUT2D eigenvalue weighted by molar-refractivity contribution is 0.413. The summed E-state index contributed by atoms with van der Waals surface area (Å²) < 4.78 is 5.27. The first-order valence-electron chi connectivity index (χ1n) is 6.92. The number of nitrogen functional groups attached to an aromatic ring is 1. The number of hydrogen-bond acceptors (Lipinski definition) is 4. The molecule has 1 aliphatic rings. The fraction of sp³-hybridized carbons (Fsp3) is 0.235. The molecule has 2 aromatic carbocycles. The van der Waals surface area contributed by atoms with Gasteiger partial charge in [0.15, 0.2) is 0 Å². The molecule has 4 heteroatoms. The first-order chi connectivity index (χ1) is 10.2. The molecule has 0 radical (unpaired) electrons. The van der Waals surface area contributed by atoms with E-state index < -0.39 is 0 Å². The van der Waals surface area contributed by atoms with Crippen LogP contribution in [-0.2, 0) is 13.0 Å². The Morgan fingerprint density at radius 2 is 2.19 bits per heavy atom. The molecule has 0 bridgehead atoms. The molecule has 0 aliphatic carbocycles. The van der Waals surface area contributed by atoms with Crippen molar-refractivity contribution in [1.29, 1.82) is 5.26 Å². The number of hydrogen-bond donors (Lipinski definition) is 1. The maximum Gasteiger partial charge on any atom is 0.136 e. The zero-order valence-electron chi connectivity index (χ0n) is 12.0. The molecule has 0 saturated heterocycles. The largest absolute Gasteiger partial charge is 0.495 e. The fourth-order valence-corrected chi connectivity index (χ4v) is 2.84. The minimum atomic E-state index is 0.562. The lowest BCUT2D eigenvalue weighted by Gasteiger charge is -2.20. The predicted octanol–water partition coefficient (Wildman–Crippen LogP) is 2.71. The maximum atomic E-state index is 9.03. The molecule has 0 aromatic heterocycles. The Kier molecular flexibility index (Phi) is 3.41. The van der Waals surface area contributed by atoms with Crippen LogP contribution in [0.25, 0.3) is 0 Å². The van der Waals surface area contributed by atoms with Crippen molar-refractivity contribution in [2.24, 2.45) is 0 Å². The summed E-state index contributed by atoms with van der Waals surface area (Å²) in [4.78, 5) is 2.31. The van der Waals surface area contributed by atoms with Crippen LogP contribution in [0.2, 0.25) is 0 Å². The average molecular weight is 279 g/mol. The van der Waals surface area contributed by atoms with Gasteiger partial charge in [0.05, 0.1) is 12.7 Å². The highest BCUT2D eigenvalue weighted by Gasteiger charge is 2.21. The molecule has 1 aliphatic heterocycles. The number of ether oxygens (including phenoxy) is 1. The van der Waals surface area contributed by atoms with Gasteiger partial charge in [0.1, 0.15) is 11.8 Å². The van der Waals surface area contributed by atoms with Crippen molar-refractivity contribution >= 4 is 11.4 Å². The van der Waals surface area contributed by atoms with E-state index in [-0.39, 0.29) is 0 Å². The van der Waals surface area contributed by atoms with Crippen molar-refractivity contribution < 1.29 is 4.74 Å². The molecular formula is C17H17N3O. The van der Waals surface area contributed by atoms with Gasteiger partial charge in [0.25, 0.3) is 0 Å². The third-order valence-electron chi connectivity index (χ3n) is 3.92. The first-order valence-corrected chi connectivity index (χ1v) is 6.92. The standard InChI is InChI=1S/C17H17N3O/c1-21-17-9-12(5-6-13(17)10-18)11-20-8-7-14-15(19)3-2-4-16(14)20/h2-6,9H,7-8,11,19H2,1H3. The fourth-order valence-electron chi connectivity index (χ4n) is 2.84. The smallest absolute Gasteiger partial charge is 0.136 e. The molecule has 0 unspecified atom stereocenters. The van der Waals surface area contributed by atoms with E-state index in [1.54, 1.807) is 7.11 Å². The lowest BCUT2D eigenvalue weighted by Crippen LogP contribution is -2.19. The Bertz CT molecular complexity index is 718. The second-order valence-electron chi connectivity index (χ2n) is 5.16. The van der Waals surface area contributed by atoms with E-state index in [1.165, 1.54) is 11.3 Å². The van der Waals surface area contributed by atoms with E-state index in [0.717, 1.165) is 30.8 Å². The second kappa shape index (κ2) is 5.37. The van der Waals surface area contributed by atoms with Crippen molar-refractivity contribution in [3.63, 3.8) is 0 Å². The number of fused-ring (bicyclic) bond motifs is 1. The van der Waals surface area contributed by atoms with Crippen LogP contribution < -0.4 is 15.4 Å². The summed E-state index contributed by atoms with van der Waals surface area (Å²) in [5.74, 6) is 0.627. The quantitative estimate of drug-likeness (QED) is 0.877. The van der Waals surface area contributed by atoms with E-state index in [9.17, 15) is 0 Å². The summed E-state index contributed by atoms with van der Waals surface area (Å²) >= 11 is 0. The molecule has 3 rings (SSSR count). The van der Waals surface area contributed by atoms with Crippen LogP contribution >= 0.6 is 0 Å². The Morgan fingerprint density at radius 1 is 1.33 bits per heavy atom. The summed E-state index contributed by atoms with van der Waals surface area (Å²) in [5.41, 5.74) is 11.0. The highest BCUT2D eigenvalue weighted by molar-refractivity contribution is 5.68. The summed E-state index contributed by atoms with van der Waals surface area (Å²) in [5, 5.41) is 9.03. The second-order valence-corrected chi connectivity index (χ2v) is 5.16. The molecule has 0 amide bonds. The van der Waals surface area contributed by atoms with Crippen molar-refractivity contribution in [2.75, 3.05) is 24.3 Å². The number of anilines is 2. The van der Waals surface area contributed by atoms with Crippen molar-refractivity contribution in [2.45, 2.75) is 13.0 Å². The van der Waals surface area contributed by atoms with Crippen molar-refractivity contribution in [3.05, 3.63) is 53.1 Å². The Labute approximate surface area is 124 Å². The van der Waals surface area contributed by atoms with Gasteiger partial charge in [-0.25, -0.2) is 0 Å². The molecule has 2 aromatic rings.